The van der Waals surface area contributed by atoms with E-state index in [2.05, 4.69) is 10.1 Å². The summed E-state index contributed by atoms with van der Waals surface area (Å²) >= 11 is 0. The number of benzene rings is 1. The van der Waals surface area contributed by atoms with Gasteiger partial charge in [-0.3, -0.25) is 4.79 Å². The fourth-order valence-corrected chi connectivity index (χ4v) is 2.90. The molecule has 0 heterocycles. The van der Waals surface area contributed by atoms with Gasteiger partial charge in [-0.1, -0.05) is 18.2 Å². The fraction of sp³-hybridized carbons (Fsp3) is 0.500. The lowest BCUT2D eigenvalue weighted by molar-refractivity contribution is -0.274. The molecule has 2 aliphatic carbocycles. The van der Waals surface area contributed by atoms with Crippen LogP contribution in [0.1, 0.15) is 30.7 Å². The van der Waals surface area contributed by atoms with Gasteiger partial charge in [0.2, 0.25) is 5.91 Å². The smallest absolute Gasteiger partial charge is 0.480 e. The lowest BCUT2D eigenvalue weighted by Gasteiger charge is -2.15. The summed E-state index contributed by atoms with van der Waals surface area (Å²) < 4.78 is 41.4. The van der Waals surface area contributed by atoms with Crippen LogP contribution in [0.2, 0.25) is 0 Å². The number of hydrogen-bond acceptors (Lipinski definition) is 3. The lowest BCUT2D eigenvalue weighted by atomic mass is 10.1. The number of carbonyl (C=O) groups is 2. The Kier molecular flexibility index (Phi) is 4.15. The normalized spacial score (nSPS) is 24.1. The van der Waals surface area contributed by atoms with Gasteiger partial charge in [0, 0.05) is 5.92 Å². The molecule has 5 nitrogen and oxygen atoms in total. The van der Waals surface area contributed by atoms with E-state index >= 15 is 0 Å². The lowest BCUT2D eigenvalue weighted by Crippen LogP contribution is -2.43. The molecule has 130 valence electrons. The summed E-state index contributed by atoms with van der Waals surface area (Å²) in [6.07, 6.45) is -2.91. The summed E-state index contributed by atoms with van der Waals surface area (Å²) in [5, 5.41) is 11.6. The zero-order valence-electron chi connectivity index (χ0n) is 12.5. The van der Waals surface area contributed by atoms with Gasteiger partial charge in [-0.15, -0.1) is 13.2 Å². The third kappa shape index (κ3) is 3.80. The van der Waals surface area contributed by atoms with Crippen LogP contribution in [0, 0.1) is 11.8 Å². The maximum atomic E-state index is 12.5. The number of nitrogens with one attached hydrogen (secondary N) is 1. The Hall–Kier alpha value is -2.25. The van der Waals surface area contributed by atoms with Gasteiger partial charge in [-0.2, -0.15) is 0 Å². The molecule has 8 heteroatoms. The molecule has 1 amide bonds. The third-order valence-electron chi connectivity index (χ3n) is 4.33. The molecule has 2 fully saturated rings. The van der Waals surface area contributed by atoms with Crippen LogP contribution in [0.4, 0.5) is 13.2 Å². The molecule has 24 heavy (non-hydrogen) atoms. The monoisotopic (exact) mass is 343 g/mol. The first-order valence-electron chi connectivity index (χ1n) is 7.64. The number of carbonyl (C=O) groups excluding carboxylic acids is 1. The predicted molar refractivity (Wildman–Crippen MR) is 76.3 cm³/mol. The van der Waals surface area contributed by atoms with Crippen molar-refractivity contribution in [3.05, 3.63) is 29.8 Å². The van der Waals surface area contributed by atoms with Gasteiger partial charge in [-0.05, 0) is 42.7 Å². The molecule has 2 N–H and O–H groups in total. The van der Waals surface area contributed by atoms with E-state index in [1.54, 1.807) is 6.07 Å². The summed E-state index contributed by atoms with van der Waals surface area (Å²) in [7, 11) is 0. The maximum absolute atomic E-state index is 12.5. The van der Waals surface area contributed by atoms with Crippen molar-refractivity contribution >= 4 is 11.9 Å². The highest BCUT2D eigenvalue weighted by atomic mass is 19.4. The molecule has 0 aromatic heterocycles. The van der Waals surface area contributed by atoms with E-state index < -0.39 is 36.1 Å². The Morgan fingerprint density at radius 1 is 1.25 bits per heavy atom. The number of carboxylic acid groups (broad SMARTS) is 1. The summed E-state index contributed by atoms with van der Waals surface area (Å²) in [4.78, 5) is 23.4. The zero-order chi connectivity index (χ0) is 17.5. The number of para-hydroxylation sites is 1. The molecule has 2 saturated carbocycles. The second kappa shape index (κ2) is 5.99. The molecule has 0 saturated heterocycles. The number of hydrogen-bond donors (Lipinski definition) is 2. The van der Waals surface area contributed by atoms with Crippen molar-refractivity contribution in [3.63, 3.8) is 0 Å². The predicted octanol–water partition coefficient (Wildman–Crippen LogP) is 2.67. The van der Waals surface area contributed by atoms with Crippen molar-refractivity contribution in [3.8, 4) is 5.75 Å². The summed E-state index contributed by atoms with van der Waals surface area (Å²) in [6, 6.07) is 4.79. The number of halogens is 3. The Balaban J connectivity index is 1.66. The van der Waals surface area contributed by atoms with Crippen molar-refractivity contribution < 1.29 is 32.6 Å². The molecule has 0 spiro atoms. The second-order valence-electron chi connectivity index (χ2n) is 6.20. The van der Waals surface area contributed by atoms with Crippen LogP contribution in [0.5, 0.6) is 5.75 Å². The Morgan fingerprint density at radius 2 is 1.92 bits per heavy atom. The van der Waals surface area contributed by atoms with Crippen molar-refractivity contribution in [1.82, 2.24) is 5.32 Å². The number of carboxylic acids is 1. The van der Waals surface area contributed by atoms with Crippen LogP contribution in [0.3, 0.4) is 0 Å². The Morgan fingerprint density at radius 3 is 2.50 bits per heavy atom. The molecule has 3 unspecified atom stereocenters. The highest BCUT2D eigenvalue weighted by Gasteiger charge is 2.48. The minimum absolute atomic E-state index is 0.0514. The zero-order valence-corrected chi connectivity index (χ0v) is 12.5. The first kappa shape index (κ1) is 16.6. The number of amides is 1. The molecule has 3 rings (SSSR count). The van der Waals surface area contributed by atoms with E-state index in [4.69, 9.17) is 5.11 Å². The average molecular weight is 343 g/mol. The van der Waals surface area contributed by atoms with E-state index in [1.165, 1.54) is 18.2 Å². The largest absolute Gasteiger partial charge is 0.573 e. The molecule has 3 atom stereocenters. The molecular weight excluding hydrogens is 327 g/mol. The fourth-order valence-electron chi connectivity index (χ4n) is 2.90. The SMILES string of the molecule is O=C(NC(C(=O)O)C1CC1)C1CC1c1ccccc1OC(F)(F)F. The third-order valence-corrected chi connectivity index (χ3v) is 4.33. The van der Waals surface area contributed by atoms with Crippen LogP contribution < -0.4 is 10.1 Å². The minimum atomic E-state index is -4.80. The van der Waals surface area contributed by atoms with Crippen LogP contribution in [0.25, 0.3) is 0 Å². The highest BCUT2D eigenvalue weighted by molar-refractivity contribution is 5.88. The van der Waals surface area contributed by atoms with Gasteiger partial charge < -0.3 is 15.2 Å². The number of rotatable bonds is 6. The number of alkyl halides is 3. The van der Waals surface area contributed by atoms with Crippen LogP contribution in [0.15, 0.2) is 24.3 Å². The summed E-state index contributed by atoms with van der Waals surface area (Å²) in [5.41, 5.74) is 0.313. The minimum Gasteiger partial charge on any atom is -0.480 e. The first-order chi connectivity index (χ1) is 11.3. The molecule has 1 aromatic carbocycles. The Labute approximate surface area is 135 Å². The molecular formula is C16H16F3NO4. The van der Waals surface area contributed by atoms with Gasteiger partial charge in [-0.25, -0.2) is 4.79 Å². The molecule has 1 aromatic rings. The molecule has 0 bridgehead atoms. The van der Waals surface area contributed by atoms with Crippen molar-refractivity contribution in [2.45, 2.75) is 37.6 Å². The number of aliphatic carboxylic acids is 1. The topological polar surface area (TPSA) is 75.6 Å². The molecule has 2 aliphatic rings. The van der Waals surface area contributed by atoms with Gasteiger partial charge in [0.05, 0.1) is 0 Å². The molecule has 0 aliphatic heterocycles. The number of ether oxygens (including phenoxy) is 1. The van der Waals surface area contributed by atoms with Crippen molar-refractivity contribution in [1.29, 1.82) is 0 Å². The van der Waals surface area contributed by atoms with Crippen LogP contribution in [-0.4, -0.2) is 29.4 Å². The van der Waals surface area contributed by atoms with Crippen molar-refractivity contribution in [2.75, 3.05) is 0 Å². The summed E-state index contributed by atoms with van der Waals surface area (Å²) in [5.74, 6) is -2.79. The van der Waals surface area contributed by atoms with E-state index in [1.807, 2.05) is 0 Å². The second-order valence-corrected chi connectivity index (χ2v) is 6.20. The van der Waals surface area contributed by atoms with Gasteiger partial charge >= 0.3 is 12.3 Å². The summed E-state index contributed by atoms with van der Waals surface area (Å²) in [6.45, 7) is 0. The first-order valence-corrected chi connectivity index (χ1v) is 7.64. The van der Waals surface area contributed by atoms with Crippen LogP contribution >= 0.6 is 0 Å². The van der Waals surface area contributed by atoms with E-state index in [0.717, 1.165) is 12.8 Å². The maximum Gasteiger partial charge on any atom is 0.573 e. The van der Waals surface area contributed by atoms with Crippen LogP contribution in [-0.2, 0) is 9.59 Å². The van der Waals surface area contributed by atoms with Gasteiger partial charge in [0.1, 0.15) is 11.8 Å². The van der Waals surface area contributed by atoms with E-state index in [-0.39, 0.29) is 11.7 Å². The van der Waals surface area contributed by atoms with E-state index in [0.29, 0.717) is 12.0 Å². The van der Waals surface area contributed by atoms with E-state index in [9.17, 15) is 22.8 Å². The van der Waals surface area contributed by atoms with Gasteiger partial charge in [0.25, 0.3) is 0 Å². The standard InChI is InChI=1S/C16H16F3NO4/c17-16(18,19)24-12-4-2-1-3-9(12)10-7-11(10)14(21)20-13(15(22)23)8-5-6-8/h1-4,8,10-11,13H,5-7H2,(H,20,21)(H,22,23). The quantitative estimate of drug-likeness (QED) is 0.833. The van der Waals surface area contributed by atoms with Crippen molar-refractivity contribution in [2.24, 2.45) is 11.8 Å². The highest BCUT2D eigenvalue weighted by Crippen LogP contribution is 2.51. The molecule has 0 radical (unpaired) electrons. The Bertz CT molecular complexity index is 657. The average Bonchev–Trinajstić information content (AvgIpc) is 3.34. The van der Waals surface area contributed by atoms with Gasteiger partial charge in [0.15, 0.2) is 0 Å².